The first kappa shape index (κ1) is 26.6. The number of thiazole rings is 1. The molecule has 6 rings (SSSR count). The minimum absolute atomic E-state index is 0.00674. The molecular formula is C31H30AsN5O2S. The van der Waals surface area contributed by atoms with Gasteiger partial charge in [0.15, 0.2) is 0 Å². The number of hydrogen-bond acceptors (Lipinski definition) is 7. The molecule has 1 aliphatic rings. The quantitative estimate of drug-likeness (QED) is 0.222. The number of benzene rings is 2. The zero-order valence-corrected chi connectivity index (χ0v) is 25.7. The second kappa shape index (κ2) is 11.1. The Balaban J connectivity index is 1.36. The zero-order valence-electron chi connectivity index (χ0n) is 22.4. The Hall–Kier alpha value is -3.61. The number of carbonyl (C=O) groups is 1. The fraction of sp³-hybridized carbons (Fsp3) is 0.258. The van der Waals surface area contributed by atoms with Crippen molar-refractivity contribution in [3.63, 3.8) is 0 Å². The first-order valence-corrected chi connectivity index (χ1v) is 15.4. The predicted molar refractivity (Wildman–Crippen MR) is 159 cm³/mol. The van der Waals surface area contributed by atoms with E-state index in [4.69, 9.17) is 4.42 Å². The minimum atomic E-state index is -0.298. The van der Waals surface area contributed by atoms with Crippen LogP contribution in [-0.2, 0) is 10.6 Å². The first-order chi connectivity index (χ1) is 19.4. The standard InChI is InChI=1S/C31H30AsN5O2S/c1-20-19-40-28(34-20)26-11-7-13-37(26)29(38)25-15-23(22-10-6-12-33-18-22)14-24(16-25)27-35-36-30(39-27)31(2,32)17-21-8-4-3-5-9-21/h3-6,8-10,12,14-16,18-19,26H,7,11,13,17,32H2,1-2H3/t26-,31+/m1/s1. The van der Waals surface area contributed by atoms with Crippen LogP contribution in [-0.4, -0.2) is 54.4 Å². The summed E-state index contributed by atoms with van der Waals surface area (Å²) >= 11 is 3.16. The molecule has 202 valence electrons. The molecule has 3 aromatic heterocycles. The van der Waals surface area contributed by atoms with Gasteiger partial charge < -0.3 is 0 Å². The molecule has 4 heterocycles. The molecule has 1 aliphatic heterocycles. The van der Waals surface area contributed by atoms with E-state index in [2.05, 4.69) is 39.2 Å². The van der Waals surface area contributed by atoms with Gasteiger partial charge in [0.1, 0.15) is 0 Å². The number of rotatable bonds is 7. The Bertz CT molecular complexity index is 1630. The number of amides is 1. The number of aryl methyl sites for hydroxylation is 1. The molecule has 1 saturated heterocycles. The number of nitrogens with zero attached hydrogens (tertiary/aromatic N) is 5. The third-order valence-corrected chi connectivity index (χ3v) is 9.20. The second-order valence-electron chi connectivity index (χ2n) is 10.5. The van der Waals surface area contributed by atoms with Crippen LogP contribution < -0.4 is 0 Å². The monoisotopic (exact) mass is 611 g/mol. The van der Waals surface area contributed by atoms with Crippen molar-refractivity contribution in [1.29, 1.82) is 0 Å². The van der Waals surface area contributed by atoms with Crippen LogP contribution in [0.2, 0.25) is 0 Å². The molecule has 0 radical (unpaired) electrons. The van der Waals surface area contributed by atoms with Gasteiger partial charge in [0.2, 0.25) is 0 Å². The summed E-state index contributed by atoms with van der Waals surface area (Å²) in [6.07, 6.45) is 6.20. The van der Waals surface area contributed by atoms with Gasteiger partial charge in [-0.25, -0.2) is 0 Å². The fourth-order valence-corrected chi connectivity index (χ4v) is 6.88. The number of pyridine rings is 1. The van der Waals surface area contributed by atoms with E-state index in [-0.39, 0.29) is 16.2 Å². The van der Waals surface area contributed by atoms with Crippen LogP contribution in [0.25, 0.3) is 22.6 Å². The fourth-order valence-electron chi connectivity index (χ4n) is 5.20. The summed E-state index contributed by atoms with van der Waals surface area (Å²) < 4.78 is 6.00. The van der Waals surface area contributed by atoms with E-state index in [0.717, 1.165) is 41.1 Å². The van der Waals surface area contributed by atoms with Gasteiger partial charge in [0.05, 0.1) is 0 Å². The topological polar surface area (TPSA) is 85.0 Å². The molecule has 40 heavy (non-hydrogen) atoms. The Morgan fingerprint density at radius 3 is 2.67 bits per heavy atom. The van der Waals surface area contributed by atoms with E-state index >= 15 is 0 Å². The van der Waals surface area contributed by atoms with Gasteiger partial charge in [-0.2, -0.15) is 0 Å². The first-order valence-electron chi connectivity index (χ1n) is 13.3. The van der Waals surface area contributed by atoms with Crippen LogP contribution in [0.1, 0.15) is 58.3 Å². The van der Waals surface area contributed by atoms with Crippen LogP contribution in [0.15, 0.2) is 82.9 Å². The molecule has 1 fully saturated rings. The van der Waals surface area contributed by atoms with Gasteiger partial charge in [0, 0.05) is 11.1 Å². The van der Waals surface area contributed by atoms with E-state index < -0.39 is 0 Å². The second-order valence-corrected chi connectivity index (χ2v) is 14.1. The molecular weight excluding hydrogens is 581 g/mol. The molecule has 0 bridgehead atoms. The molecule has 5 aromatic rings. The van der Waals surface area contributed by atoms with E-state index in [1.165, 1.54) is 22.4 Å². The van der Waals surface area contributed by atoms with Gasteiger partial charge in [-0.15, -0.1) is 0 Å². The number of likely N-dealkylation sites (tertiary alicyclic amines) is 1. The van der Waals surface area contributed by atoms with E-state index in [0.29, 0.717) is 29.5 Å². The summed E-state index contributed by atoms with van der Waals surface area (Å²) in [5, 5.41) is 11.9. The SMILES string of the molecule is Cc1csc([C@H]2CCCN2C(=O)c2cc(-c3cccnc3)cc(-c3nnc([C@@](C)([AsH2])Cc4ccccc4)o3)c2)n1. The van der Waals surface area contributed by atoms with Crippen molar-refractivity contribution in [3.05, 3.63) is 106 Å². The van der Waals surface area contributed by atoms with Crippen LogP contribution >= 0.6 is 11.3 Å². The summed E-state index contributed by atoms with van der Waals surface area (Å²) in [5.41, 5.74) is 5.30. The van der Waals surface area contributed by atoms with Gasteiger partial charge in [-0.05, 0) is 6.92 Å². The van der Waals surface area contributed by atoms with Crippen molar-refractivity contribution in [3.8, 4) is 22.6 Å². The van der Waals surface area contributed by atoms with Gasteiger partial charge in [-0.3, -0.25) is 0 Å². The predicted octanol–water partition coefficient (Wildman–Crippen LogP) is 5.63. The molecule has 0 saturated carbocycles. The molecule has 1 unspecified atom stereocenters. The maximum atomic E-state index is 14.0. The molecule has 1 amide bonds. The normalized spacial score (nSPS) is 16.7. The molecule has 0 aliphatic carbocycles. The van der Waals surface area contributed by atoms with Crippen LogP contribution in [0.4, 0.5) is 0 Å². The third-order valence-electron chi connectivity index (χ3n) is 7.19. The number of aromatic nitrogens is 4. The Labute approximate surface area is 246 Å². The van der Waals surface area contributed by atoms with Crippen molar-refractivity contribution in [2.24, 2.45) is 0 Å². The Morgan fingerprint density at radius 2 is 1.93 bits per heavy atom. The molecule has 7 nitrogen and oxygen atoms in total. The van der Waals surface area contributed by atoms with Crippen LogP contribution in [0.5, 0.6) is 0 Å². The van der Waals surface area contributed by atoms with Crippen molar-refractivity contribution in [2.45, 2.75) is 43.4 Å². The van der Waals surface area contributed by atoms with E-state index in [1.54, 1.807) is 23.7 Å². The zero-order chi connectivity index (χ0) is 27.7. The molecule has 0 N–H and O–H groups in total. The molecule has 2 aromatic carbocycles. The maximum absolute atomic E-state index is 14.0. The summed E-state index contributed by atoms with van der Waals surface area (Å²) in [7, 11) is 0. The third kappa shape index (κ3) is 5.51. The summed E-state index contributed by atoms with van der Waals surface area (Å²) in [5.74, 6) is 0.972. The number of carbonyl (C=O) groups excluding carboxylic acids is 1. The van der Waals surface area contributed by atoms with Gasteiger partial charge in [-0.1, -0.05) is 0 Å². The van der Waals surface area contributed by atoms with Gasteiger partial charge in [0.25, 0.3) is 0 Å². The van der Waals surface area contributed by atoms with E-state index in [9.17, 15) is 4.79 Å². The Kier molecular flexibility index (Phi) is 7.39. The molecule has 3 atom stereocenters. The van der Waals surface area contributed by atoms with Crippen molar-refractivity contribution in [2.75, 3.05) is 6.54 Å². The number of hydrogen-bond donors (Lipinski definition) is 0. The summed E-state index contributed by atoms with van der Waals surface area (Å²) in [6, 6.07) is 20.0. The van der Waals surface area contributed by atoms with E-state index in [1.807, 2.05) is 65.7 Å². The van der Waals surface area contributed by atoms with Crippen molar-refractivity contribution < 1.29 is 9.21 Å². The summed E-state index contributed by atoms with van der Waals surface area (Å²) in [6.45, 7) is 4.83. The van der Waals surface area contributed by atoms with Crippen molar-refractivity contribution in [1.82, 2.24) is 25.1 Å². The van der Waals surface area contributed by atoms with Crippen LogP contribution in [0.3, 0.4) is 0 Å². The molecule has 9 heteroatoms. The summed E-state index contributed by atoms with van der Waals surface area (Å²) in [4.78, 5) is 24.9. The Morgan fingerprint density at radius 1 is 1.10 bits per heavy atom. The van der Waals surface area contributed by atoms with Crippen LogP contribution in [0, 0.1) is 6.92 Å². The molecule has 0 spiro atoms. The van der Waals surface area contributed by atoms with Crippen molar-refractivity contribution >= 4 is 34.1 Å². The average molecular weight is 612 g/mol. The van der Waals surface area contributed by atoms with Gasteiger partial charge >= 0.3 is 229 Å². The average Bonchev–Trinajstić information content (AvgIpc) is 3.74.